The molecule has 1 saturated heterocycles. The first-order chi connectivity index (χ1) is 18.6. The summed E-state index contributed by atoms with van der Waals surface area (Å²) in [6.45, 7) is 10.9. The van der Waals surface area contributed by atoms with Crippen molar-refractivity contribution < 1.29 is 28.9 Å². The van der Waals surface area contributed by atoms with Crippen LogP contribution < -0.4 is 19.1 Å². The molecule has 0 saturated carbocycles. The second-order valence-electron chi connectivity index (χ2n) is 10.3. The van der Waals surface area contributed by atoms with Crippen molar-refractivity contribution in [3.63, 3.8) is 0 Å². The van der Waals surface area contributed by atoms with E-state index in [2.05, 4.69) is 0 Å². The minimum Gasteiger partial charge on any atom is -0.507 e. The van der Waals surface area contributed by atoms with Gasteiger partial charge in [-0.1, -0.05) is 32.9 Å². The smallest absolute Gasteiger partial charge is 0.300 e. The van der Waals surface area contributed by atoms with Crippen LogP contribution in [0.3, 0.4) is 0 Å². The maximum absolute atomic E-state index is 13.6. The van der Waals surface area contributed by atoms with Gasteiger partial charge in [0.15, 0.2) is 0 Å². The molecule has 4 rings (SSSR count). The first-order valence-electron chi connectivity index (χ1n) is 13.1. The summed E-state index contributed by atoms with van der Waals surface area (Å²) in [7, 11) is 1.60. The second kappa shape index (κ2) is 11.2. The van der Waals surface area contributed by atoms with E-state index in [1.807, 2.05) is 58.9 Å². The van der Waals surface area contributed by atoms with E-state index in [4.69, 9.17) is 14.2 Å². The van der Waals surface area contributed by atoms with E-state index in [0.717, 1.165) is 5.56 Å². The summed E-state index contributed by atoms with van der Waals surface area (Å²) in [5.41, 5.74) is 2.16. The first-order valence-corrected chi connectivity index (χ1v) is 13.1. The van der Waals surface area contributed by atoms with E-state index >= 15 is 0 Å². The first kappa shape index (κ1) is 27.8. The fourth-order valence-corrected chi connectivity index (χ4v) is 4.82. The van der Waals surface area contributed by atoms with Crippen LogP contribution in [0, 0.1) is 0 Å². The molecule has 3 aromatic rings. The number of carbonyl (C=O) groups is 2. The number of rotatable bonds is 8. The van der Waals surface area contributed by atoms with Gasteiger partial charge in [-0.05, 0) is 79.4 Å². The number of amides is 1. The van der Waals surface area contributed by atoms with Crippen LogP contribution in [0.4, 0.5) is 5.69 Å². The Hall–Kier alpha value is -4.26. The minimum atomic E-state index is -0.872. The van der Waals surface area contributed by atoms with Crippen LogP contribution >= 0.6 is 0 Å². The van der Waals surface area contributed by atoms with E-state index in [1.54, 1.807) is 49.6 Å². The highest BCUT2D eigenvalue weighted by Gasteiger charge is 2.47. The molecule has 0 aliphatic carbocycles. The zero-order valence-corrected chi connectivity index (χ0v) is 23.3. The molecule has 39 heavy (non-hydrogen) atoms. The van der Waals surface area contributed by atoms with Gasteiger partial charge in [-0.2, -0.15) is 0 Å². The Morgan fingerprint density at radius 2 is 1.56 bits per heavy atom. The number of aliphatic hydroxyl groups excluding tert-OH is 1. The summed E-state index contributed by atoms with van der Waals surface area (Å²) in [5.74, 6) is 0.197. The third-order valence-electron chi connectivity index (χ3n) is 6.64. The number of aliphatic hydroxyl groups is 1. The van der Waals surface area contributed by atoms with Crippen LogP contribution in [0.25, 0.3) is 5.76 Å². The molecule has 0 spiro atoms. The Balaban J connectivity index is 1.93. The van der Waals surface area contributed by atoms with Crippen molar-refractivity contribution in [2.75, 3.05) is 25.2 Å². The van der Waals surface area contributed by atoms with E-state index in [1.165, 1.54) is 4.90 Å². The number of Topliss-reactive ketones (excluding diaryl/α,β-unsaturated/α-hetero) is 1. The Bertz CT molecular complexity index is 1400. The van der Waals surface area contributed by atoms with Gasteiger partial charge in [-0.25, -0.2) is 0 Å². The van der Waals surface area contributed by atoms with Crippen molar-refractivity contribution in [2.45, 2.75) is 46.1 Å². The molecule has 7 nitrogen and oxygen atoms in total. The van der Waals surface area contributed by atoms with E-state index < -0.39 is 17.7 Å². The molecule has 1 aliphatic heterocycles. The summed E-state index contributed by atoms with van der Waals surface area (Å²) in [6, 6.07) is 18.6. The van der Waals surface area contributed by atoms with Gasteiger partial charge in [0.05, 0.1) is 31.9 Å². The molecule has 1 aliphatic rings. The maximum Gasteiger partial charge on any atom is 0.300 e. The van der Waals surface area contributed by atoms with E-state index in [9.17, 15) is 14.7 Å². The summed E-state index contributed by atoms with van der Waals surface area (Å²) in [5, 5.41) is 11.6. The number of benzene rings is 3. The molecule has 1 N–H and O–H groups in total. The van der Waals surface area contributed by atoms with Gasteiger partial charge >= 0.3 is 0 Å². The quantitative estimate of drug-likeness (QED) is 0.206. The van der Waals surface area contributed by atoms with Crippen LogP contribution in [-0.4, -0.2) is 37.1 Å². The molecule has 0 bridgehead atoms. The van der Waals surface area contributed by atoms with Crippen molar-refractivity contribution in [1.29, 1.82) is 0 Å². The zero-order chi connectivity index (χ0) is 28.3. The summed E-state index contributed by atoms with van der Waals surface area (Å²) in [4.78, 5) is 28.5. The molecule has 0 aromatic heterocycles. The van der Waals surface area contributed by atoms with Crippen molar-refractivity contribution in [1.82, 2.24) is 0 Å². The number of methoxy groups -OCH3 is 1. The lowest BCUT2D eigenvalue weighted by Gasteiger charge is -2.26. The van der Waals surface area contributed by atoms with E-state index in [0.29, 0.717) is 47.3 Å². The third-order valence-corrected chi connectivity index (χ3v) is 6.64. The number of anilines is 1. The highest BCUT2D eigenvalue weighted by molar-refractivity contribution is 6.51. The lowest BCUT2D eigenvalue weighted by molar-refractivity contribution is -0.132. The largest absolute Gasteiger partial charge is 0.507 e. The molecule has 1 atom stereocenters. The Morgan fingerprint density at radius 1 is 0.897 bits per heavy atom. The monoisotopic (exact) mass is 529 g/mol. The van der Waals surface area contributed by atoms with Crippen LogP contribution in [0.15, 0.2) is 72.3 Å². The van der Waals surface area contributed by atoms with Gasteiger partial charge in [-0.3, -0.25) is 14.5 Å². The summed E-state index contributed by atoms with van der Waals surface area (Å²) >= 11 is 0. The Labute approximate surface area is 229 Å². The predicted molar refractivity (Wildman–Crippen MR) is 152 cm³/mol. The third kappa shape index (κ3) is 5.48. The van der Waals surface area contributed by atoms with Gasteiger partial charge in [0, 0.05) is 16.8 Å². The van der Waals surface area contributed by atoms with Crippen LogP contribution in [0.2, 0.25) is 0 Å². The van der Waals surface area contributed by atoms with Crippen molar-refractivity contribution >= 4 is 23.1 Å². The normalized spacial score (nSPS) is 16.9. The fourth-order valence-electron chi connectivity index (χ4n) is 4.82. The number of ether oxygens (including phenoxy) is 3. The Kier molecular flexibility index (Phi) is 8.00. The highest BCUT2D eigenvalue weighted by atomic mass is 16.5. The Morgan fingerprint density at radius 3 is 2.18 bits per heavy atom. The van der Waals surface area contributed by atoms with Crippen LogP contribution in [-0.2, 0) is 15.0 Å². The van der Waals surface area contributed by atoms with Gasteiger partial charge in [0.25, 0.3) is 11.7 Å². The lowest BCUT2D eigenvalue weighted by atomic mass is 9.84. The number of ketones is 1. The molecule has 7 heteroatoms. The average Bonchev–Trinajstić information content (AvgIpc) is 3.18. The molecule has 204 valence electrons. The van der Waals surface area contributed by atoms with Crippen LogP contribution in [0.1, 0.15) is 57.4 Å². The van der Waals surface area contributed by atoms with Crippen molar-refractivity contribution in [3.8, 4) is 17.2 Å². The van der Waals surface area contributed by atoms with Gasteiger partial charge in [0.1, 0.15) is 23.0 Å². The maximum atomic E-state index is 13.6. The SMILES string of the molecule is CCOc1ccc(N2C(=O)C(=O)/C(=C(/O)c3ccc(OC)c(C(C)(C)C)c3)C2c2cccc(OCC)c2)cc1. The summed E-state index contributed by atoms with van der Waals surface area (Å²) < 4.78 is 16.8. The fraction of sp³-hybridized carbons (Fsp3) is 0.312. The molecular formula is C32H35NO6. The van der Waals surface area contributed by atoms with Crippen molar-refractivity contribution in [3.05, 3.63) is 89.0 Å². The molecule has 1 heterocycles. The van der Waals surface area contributed by atoms with Crippen molar-refractivity contribution in [2.24, 2.45) is 0 Å². The molecule has 0 radical (unpaired) electrons. The average molecular weight is 530 g/mol. The van der Waals surface area contributed by atoms with Crippen LogP contribution in [0.5, 0.6) is 17.2 Å². The number of hydrogen-bond donors (Lipinski definition) is 1. The molecule has 1 unspecified atom stereocenters. The number of hydrogen-bond acceptors (Lipinski definition) is 6. The predicted octanol–water partition coefficient (Wildman–Crippen LogP) is 6.42. The molecule has 1 fully saturated rings. The minimum absolute atomic E-state index is 0.00700. The number of carbonyl (C=O) groups excluding carboxylic acids is 2. The topological polar surface area (TPSA) is 85.3 Å². The number of nitrogens with zero attached hydrogens (tertiary/aromatic N) is 1. The standard InChI is InChI=1S/C32H35NO6/c1-7-38-23-15-13-22(14-16-23)33-28(20-10-9-11-24(18-20)39-8-2)27(30(35)31(33)36)29(34)21-12-17-26(37-6)25(19-21)32(3,4)5/h9-19,28,34H,7-8H2,1-6H3/b29-27+. The van der Waals surface area contributed by atoms with Gasteiger partial charge < -0.3 is 19.3 Å². The van der Waals surface area contributed by atoms with E-state index in [-0.39, 0.29) is 16.7 Å². The molecule has 1 amide bonds. The molecular weight excluding hydrogens is 494 g/mol. The molecule has 3 aromatic carbocycles. The zero-order valence-electron chi connectivity index (χ0n) is 23.3. The lowest BCUT2D eigenvalue weighted by Crippen LogP contribution is -2.29. The summed E-state index contributed by atoms with van der Waals surface area (Å²) in [6.07, 6.45) is 0. The highest BCUT2D eigenvalue weighted by Crippen LogP contribution is 2.44. The van der Waals surface area contributed by atoms with Gasteiger partial charge in [0.2, 0.25) is 0 Å². The van der Waals surface area contributed by atoms with Gasteiger partial charge in [-0.15, -0.1) is 0 Å². The second-order valence-corrected chi connectivity index (χ2v) is 10.3.